The Morgan fingerprint density at radius 2 is 1.91 bits per heavy atom. The fourth-order valence-electron chi connectivity index (χ4n) is 3.05. The Labute approximate surface area is 138 Å². The average Bonchev–Trinajstić information content (AvgIpc) is 3.00. The van der Waals surface area contributed by atoms with Gasteiger partial charge in [0.25, 0.3) is 0 Å². The molecule has 5 heteroatoms. The van der Waals surface area contributed by atoms with Gasteiger partial charge < -0.3 is 9.80 Å². The Morgan fingerprint density at radius 3 is 2.52 bits per heavy atom. The quantitative estimate of drug-likeness (QED) is 0.800. The van der Waals surface area contributed by atoms with E-state index in [0.717, 1.165) is 24.9 Å². The molecular weight excluding hydrogens is 290 g/mol. The van der Waals surface area contributed by atoms with Gasteiger partial charge in [-0.25, -0.2) is 0 Å². The van der Waals surface area contributed by atoms with Crippen LogP contribution >= 0.6 is 0 Å². The van der Waals surface area contributed by atoms with E-state index in [1.54, 1.807) is 19.0 Å². The number of carbonyl (C=O) groups excluding carboxylic acids is 2. The van der Waals surface area contributed by atoms with E-state index in [-0.39, 0.29) is 17.9 Å². The summed E-state index contributed by atoms with van der Waals surface area (Å²) >= 11 is 0. The predicted molar refractivity (Wildman–Crippen MR) is 90.8 cm³/mol. The molecule has 1 fully saturated rings. The van der Waals surface area contributed by atoms with Crippen molar-refractivity contribution in [2.75, 3.05) is 33.7 Å². The third-order valence-electron chi connectivity index (χ3n) is 4.38. The minimum Gasteiger partial charge on any atom is -0.347 e. The molecule has 23 heavy (non-hydrogen) atoms. The lowest BCUT2D eigenvalue weighted by Gasteiger charge is -2.28. The largest absolute Gasteiger partial charge is 0.347 e. The zero-order valence-electron chi connectivity index (χ0n) is 14.4. The first-order valence-electron chi connectivity index (χ1n) is 8.29. The van der Waals surface area contributed by atoms with Gasteiger partial charge in [0.05, 0.1) is 12.6 Å². The molecule has 0 N–H and O–H groups in total. The Kier molecular flexibility index (Phi) is 6.16. The first-order chi connectivity index (χ1) is 11.0. The summed E-state index contributed by atoms with van der Waals surface area (Å²) in [6.07, 6.45) is 1.82. The van der Waals surface area contributed by atoms with Gasteiger partial charge in [-0.1, -0.05) is 30.3 Å². The van der Waals surface area contributed by atoms with Crippen molar-refractivity contribution in [1.29, 1.82) is 0 Å². The van der Waals surface area contributed by atoms with Crippen LogP contribution in [0.3, 0.4) is 0 Å². The highest BCUT2D eigenvalue weighted by Crippen LogP contribution is 2.19. The first-order valence-corrected chi connectivity index (χ1v) is 8.29. The number of hydrogen-bond donors (Lipinski definition) is 0. The highest BCUT2D eigenvalue weighted by Gasteiger charge is 2.33. The highest BCUT2D eigenvalue weighted by molar-refractivity contribution is 5.83. The zero-order valence-corrected chi connectivity index (χ0v) is 14.4. The van der Waals surface area contributed by atoms with Crippen LogP contribution in [0.1, 0.15) is 25.3 Å². The maximum Gasteiger partial charge on any atom is 0.239 e. The van der Waals surface area contributed by atoms with Crippen LogP contribution in [0, 0.1) is 0 Å². The number of nitrogens with zero attached hydrogens (tertiary/aromatic N) is 3. The maximum absolute atomic E-state index is 12.6. The molecule has 1 aliphatic heterocycles. The molecule has 1 saturated heterocycles. The van der Waals surface area contributed by atoms with Gasteiger partial charge in [-0.3, -0.25) is 14.5 Å². The van der Waals surface area contributed by atoms with Gasteiger partial charge in [0.15, 0.2) is 0 Å². The second-order valence-electron chi connectivity index (χ2n) is 6.25. The van der Waals surface area contributed by atoms with Crippen molar-refractivity contribution in [1.82, 2.24) is 14.7 Å². The van der Waals surface area contributed by atoms with Gasteiger partial charge in [0, 0.05) is 27.2 Å². The molecule has 1 atom stereocenters. The fourth-order valence-corrected chi connectivity index (χ4v) is 3.05. The van der Waals surface area contributed by atoms with E-state index in [4.69, 9.17) is 0 Å². The minimum atomic E-state index is -0.149. The van der Waals surface area contributed by atoms with Crippen molar-refractivity contribution in [2.45, 2.75) is 32.4 Å². The number of likely N-dealkylation sites (tertiary alicyclic amines) is 1. The van der Waals surface area contributed by atoms with Crippen LogP contribution in [0.4, 0.5) is 0 Å². The molecule has 1 aromatic rings. The number of hydrogen-bond acceptors (Lipinski definition) is 3. The molecule has 126 valence electrons. The molecule has 0 radical (unpaired) electrons. The zero-order chi connectivity index (χ0) is 16.8. The van der Waals surface area contributed by atoms with Gasteiger partial charge in [-0.15, -0.1) is 0 Å². The summed E-state index contributed by atoms with van der Waals surface area (Å²) < 4.78 is 0. The molecule has 1 heterocycles. The van der Waals surface area contributed by atoms with E-state index in [0.29, 0.717) is 19.6 Å². The lowest BCUT2D eigenvalue weighted by atomic mass is 10.2. The van der Waals surface area contributed by atoms with Crippen LogP contribution in [0.5, 0.6) is 0 Å². The van der Waals surface area contributed by atoms with E-state index in [2.05, 4.69) is 0 Å². The molecule has 0 saturated carbocycles. The van der Waals surface area contributed by atoms with Crippen molar-refractivity contribution in [3.8, 4) is 0 Å². The van der Waals surface area contributed by atoms with Gasteiger partial charge >= 0.3 is 0 Å². The van der Waals surface area contributed by atoms with E-state index in [1.165, 1.54) is 0 Å². The lowest BCUT2D eigenvalue weighted by molar-refractivity contribution is -0.137. The third kappa shape index (κ3) is 4.55. The second-order valence-corrected chi connectivity index (χ2v) is 6.25. The number of amides is 2. The molecule has 5 nitrogen and oxygen atoms in total. The van der Waals surface area contributed by atoms with Crippen molar-refractivity contribution in [3.05, 3.63) is 35.9 Å². The first kappa shape index (κ1) is 17.5. The van der Waals surface area contributed by atoms with Gasteiger partial charge in [0.2, 0.25) is 11.8 Å². The Bertz CT molecular complexity index is 530. The molecule has 1 unspecified atom stereocenters. The number of rotatable bonds is 6. The SMILES string of the molecule is CCN(Cc1ccccc1)C(=O)CN1CCCC1C(=O)N(C)C. The molecular formula is C18H27N3O2. The normalized spacial score (nSPS) is 18.0. The summed E-state index contributed by atoms with van der Waals surface area (Å²) in [6, 6.07) is 9.86. The molecule has 1 aliphatic rings. The number of carbonyl (C=O) groups is 2. The van der Waals surface area contributed by atoms with Crippen LogP contribution in [0.25, 0.3) is 0 Å². The monoisotopic (exact) mass is 317 g/mol. The summed E-state index contributed by atoms with van der Waals surface area (Å²) in [5.41, 5.74) is 1.13. The predicted octanol–water partition coefficient (Wildman–Crippen LogP) is 1.59. The smallest absolute Gasteiger partial charge is 0.239 e. The number of likely N-dealkylation sites (N-methyl/N-ethyl adjacent to an activating group) is 2. The van der Waals surface area contributed by atoms with Crippen LogP contribution in [-0.2, 0) is 16.1 Å². The summed E-state index contributed by atoms with van der Waals surface area (Å²) in [6.45, 7) is 4.43. The summed E-state index contributed by atoms with van der Waals surface area (Å²) in [5, 5.41) is 0. The molecule has 0 bridgehead atoms. The van der Waals surface area contributed by atoms with Crippen molar-refractivity contribution in [3.63, 3.8) is 0 Å². The average molecular weight is 317 g/mol. The van der Waals surface area contributed by atoms with Crippen molar-refractivity contribution < 1.29 is 9.59 Å². The lowest BCUT2D eigenvalue weighted by Crippen LogP contribution is -2.47. The van der Waals surface area contributed by atoms with Crippen molar-refractivity contribution >= 4 is 11.8 Å². The van der Waals surface area contributed by atoms with Crippen LogP contribution < -0.4 is 0 Å². The van der Waals surface area contributed by atoms with Gasteiger partial charge in [0.1, 0.15) is 0 Å². The van der Waals surface area contributed by atoms with Crippen LogP contribution in [0.2, 0.25) is 0 Å². The van der Waals surface area contributed by atoms with Gasteiger partial charge in [-0.2, -0.15) is 0 Å². The molecule has 1 aromatic carbocycles. The number of benzene rings is 1. The molecule has 0 aromatic heterocycles. The Balaban J connectivity index is 1.97. The fraction of sp³-hybridized carbons (Fsp3) is 0.556. The highest BCUT2D eigenvalue weighted by atomic mass is 16.2. The van der Waals surface area contributed by atoms with Crippen LogP contribution in [-0.4, -0.2) is 66.3 Å². The van der Waals surface area contributed by atoms with E-state index in [1.807, 2.05) is 47.1 Å². The molecule has 2 rings (SSSR count). The van der Waals surface area contributed by atoms with E-state index < -0.39 is 0 Å². The topological polar surface area (TPSA) is 43.9 Å². The summed E-state index contributed by atoms with van der Waals surface area (Å²) in [5.74, 6) is 0.191. The molecule has 0 spiro atoms. The Morgan fingerprint density at radius 1 is 1.22 bits per heavy atom. The summed E-state index contributed by atoms with van der Waals surface area (Å²) in [4.78, 5) is 30.4. The van der Waals surface area contributed by atoms with Gasteiger partial charge in [-0.05, 0) is 31.9 Å². The summed E-state index contributed by atoms with van der Waals surface area (Å²) in [7, 11) is 3.54. The van der Waals surface area contributed by atoms with E-state index >= 15 is 0 Å². The Hall–Kier alpha value is -1.88. The van der Waals surface area contributed by atoms with Crippen LogP contribution in [0.15, 0.2) is 30.3 Å². The minimum absolute atomic E-state index is 0.0924. The molecule has 2 amide bonds. The standard InChI is InChI=1S/C18H27N3O2/c1-4-20(13-15-9-6-5-7-10-15)17(22)14-21-12-8-11-16(21)18(23)19(2)3/h5-7,9-10,16H,4,8,11-14H2,1-3H3. The maximum atomic E-state index is 12.6. The third-order valence-corrected chi connectivity index (χ3v) is 4.38. The second kappa shape index (κ2) is 8.11. The van der Waals surface area contributed by atoms with Crippen molar-refractivity contribution in [2.24, 2.45) is 0 Å². The molecule has 0 aliphatic carbocycles. The van der Waals surface area contributed by atoms with E-state index in [9.17, 15) is 9.59 Å².